The lowest BCUT2D eigenvalue weighted by Crippen LogP contribution is -2.25. The molecule has 0 aromatic heterocycles. The third kappa shape index (κ3) is 3.01. The van der Waals surface area contributed by atoms with Gasteiger partial charge in [0.2, 0.25) is 10.0 Å². The van der Waals surface area contributed by atoms with Gasteiger partial charge in [-0.3, -0.25) is 0 Å². The van der Waals surface area contributed by atoms with Crippen LogP contribution >= 0.6 is 0 Å². The molecule has 0 atom stereocenters. The zero-order valence-electron chi connectivity index (χ0n) is 10.3. The Kier molecular flexibility index (Phi) is 3.89. The number of hydrogen-bond acceptors (Lipinski definition) is 4. The van der Waals surface area contributed by atoms with E-state index in [1.165, 1.54) is 0 Å². The summed E-state index contributed by atoms with van der Waals surface area (Å²) in [5.41, 5.74) is 6.32. The molecule has 0 amide bonds. The molecular formula is C12H18N2O3S. The molecule has 0 unspecified atom stereocenters. The van der Waals surface area contributed by atoms with Crippen LogP contribution in [0.1, 0.15) is 25.3 Å². The number of benzene rings is 1. The quantitative estimate of drug-likeness (QED) is 0.807. The third-order valence-electron chi connectivity index (χ3n) is 2.76. The van der Waals surface area contributed by atoms with Gasteiger partial charge in [0.1, 0.15) is 5.75 Å². The van der Waals surface area contributed by atoms with Crippen LogP contribution < -0.4 is 15.2 Å². The Hall–Kier alpha value is -1.11. The molecule has 0 bridgehead atoms. The summed E-state index contributed by atoms with van der Waals surface area (Å²) in [5, 5.41) is 0. The van der Waals surface area contributed by atoms with Gasteiger partial charge >= 0.3 is 0 Å². The number of sulfonamides is 1. The fourth-order valence-electron chi connectivity index (χ4n) is 1.67. The molecule has 1 aliphatic carbocycles. The average molecular weight is 270 g/mol. The lowest BCUT2D eigenvalue weighted by atomic mass is 10.2. The molecule has 0 spiro atoms. The highest BCUT2D eigenvalue weighted by atomic mass is 32.2. The van der Waals surface area contributed by atoms with E-state index in [2.05, 4.69) is 4.72 Å². The smallest absolute Gasteiger partial charge is 0.240 e. The molecule has 100 valence electrons. The van der Waals surface area contributed by atoms with Crippen LogP contribution in [0.15, 0.2) is 23.1 Å². The summed E-state index contributed by atoms with van der Waals surface area (Å²) in [5.74, 6) is 0.644. The molecule has 0 saturated heterocycles. The summed E-state index contributed by atoms with van der Waals surface area (Å²) in [6, 6.07) is 4.89. The summed E-state index contributed by atoms with van der Waals surface area (Å²) in [6.07, 6.45) is 1.83. The minimum atomic E-state index is -3.42. The van der Waals surface area contributed by atoms with Crippen LogP contribution in [0.3, 0.4) is 0 Å². The highest BCUT2D eigenvalue weighted by Crippen LogP contribution is 2.25. The Balaban J connectivity index is 2.28. The summed E-state index contributed by atoms with van der Waals surface area (Å²) in [4.78, 5) is 0.248. The third-order valence-corrected chi connectivity index (χ3v) is 4.28. The van der Waals surface area contributed by atoms with Crippen molar-refractivity contribution in [2.24, 2.45) is 5.73 Å². The normalized spacial score (nSPS) is 15.7. The molecule has 0 heterocycles. The van der Waals surface area contributed by atoms with Gasteiger partial charge in [-0.1, -0.05) is 0 Å². The van der Waals surface area contributed by atoms with Gasteiger partial charge in [-0.2, -0.15) is 0 Å². The van der Waals surface area contributed by atoms with Crippen LogP contribution in [0.4, 0.5) is 0 Å². The topological polar surface area (TPSA) is 81.4 Å². The first kappa shape index (κ1) is 13.3. The summed E-state index contributed by atoms with van der Waals surface area (Å²) in [7, 11) is -3.42. The van der Waals surface area contributed by atoms with Crippen LogP contribution in [-0.4, -0.2) is 21.1 Å². The Labute approximate surface area is 107 Å². The van der Waals surface area contributed by atoms with Crippen LogP contribution in [0.5, 0.6) is 5.75 Å². The molecular weight excluding hydrogens is 252 g/mol. The van der Waals surface area contributed by atoms with Crippen molar-refractivity contribution in [2.75, 3.05) is 6.61 Å². The van der Waals surface area contributed by atoms with Crippen molar-refractivity contribution in [3.05, 3.63) is 23.8 Å². The van der Waals surface area contributed by atoms with Crippen LogP contribution in [0.2, 0.25) is 0 Å². The second kappa shape index (κ2) is 5.26. The maximum absolute atomic E-state index is 12.0. The van der Waals surface area contributed by atoms with Crippen molar-refractivity contribution in [3.8, 4) is 5.75 Å². The monoisotopic (exact) mass is 270 g/mol. The van der Waals surface area contributed by atoms with E-state index in [9.17, 15) is 8.42 Å². The van der Waals surface area contributed by atoms with E-state index in [4.69, 9.17) is 10.5 Å². The van der Waals surface area contributed by atoms with Crippen molar-refractivity contribution in [1.82, 2.24) is 4.72 Å². The largest absolute Gasteiger partial charge is 0.494 e. The molecule has 0 aliphatic heterocycles. The SMILES string of the molecule is CCOc1ccc(S(=O)(=O)NC2CC2)cc1CN. The minimum absolute atomic E-state index is 0.0999. The Morgan fingerprint density at radius 3 is 2.72 bits per heavy atom. The van der Waals surface area contributed by atoms with Crippen LogP contribution in [0, 0.1) is 0 Å². The molecule has 2 rings (SSSR count). The second-order valence-corrected chi connectivity index (χ2v) is 6.02. The van der Waals surface area contributed by atoms with Gasteiger partial charge < -0.3 is 10.5 Å². The maximum atomic E-state index is 12.0. The van der Waals surface area contributed by atoms with Crippen molar-refractivity contribution in [2.45, 2.75) is 37.2 Å². The fraction of sp³-hybridized carbons (Fsp3) is 0.500. The van der Waals surface area contributed by atoms with E-state index in [0.717, 1.165) is 12.8 Å². The van der Waals surface area contributed by atoms with Gasteiger partial charge in [-0.15, -0.1) is 0 Å². The Morgan fingerprint density at radius 2 is 2.17 bits per heavy atom. The first-order valence-electron chi connectivity index (χ1n) is 6.05. The molecule has 1 saturated carbocycles. The van der Waals surface area contributed by atoms with Crippen LogP contribution in [-0.2, 0) is 16.6 Å². The molecule has 6 heteroatoms. The minimum Gasteiger partial charge on any atom is -0.494 e. The predicted octanol–water partition coefficient (Wildman–Crippen LogP) is 0.985. The molecule has 0 radical (unpaired) electrons. The van der Waals surface area contributed by atoms with Gasteiger partial charge in [0.05, 0.1) is 11.5 Å². The maximum Gasteiger partial charge on any atom is 0.240 e. The van der Waals surface area contributed by atoms with E-state index in [-0.39, 0.29) is 17.5 Å². The highest BCUT2D eigenvalue weighted by Gasteiger charge is 2.28. The zero-order valence-corrected chi connectivity index (χ0v) is 11.2. The van der Waals surface area contributed by atoms with Gasteiger partial charge in [0.25, 0.3) is 0 Å². The standard InChI is InChI=1S/C12H18N2O3S/c1-2-17-12-6-5-11(7-9(12)8-13)18(15,16)14-10-3-4-10/h5-7,10,14H,2-4,8,13H2,1H3. The van der Waals surface area contributed by atoms with Crippen LogP contribution in [0.25, 0.3) is 0 Å². The molecule has 1 fully saturated rings. The first-order chi connectivity index (χ1) is 8.56. The number of nitrogens with one attached hydrogen (secondary N) is 1. The molecule has 18 heavy (non-hydrogen) atoms. The first-order valence-corrected chi connectivity index (χ1v) is 7.53. The lowest BCUT2D eigenvalue weighted by Gasteiger charge is -2.11. The number of hydrogen-bond donors (Lipinski definition) is 2. The predicted molar refractivity (Wildman–Crippen MR) is 68.8 cm³/mol. The lowest BCUT2D eigenvalue weighted by molar-refractivity contribution is 0.336. The zero-order chi connectivity index (χ0) is 13.2. The summed E-state index contributed by atoms with van der Waals surface area (Å²) in [6.45, 7) is 2.65. The fourth-order valence-corrected chi connectivity index (χ4v) is 3.02. The van der Waals surface area contributed by atoms with Gasteiger partial charge in [-0.05, 0) is 38.0 Å². The second-order valence-electron chi connectivity index (χ2n) is 4.30. The van der Waals surface area contributed by atoms with E-state index in [1.54, 1.807) is 18.2 Å². The molecule has 1 aliphatic rings. The van der Waals surface area contributed by atoms with Gasteiger partial charge in [0.15, 0.2) is 0 Å². The summed E-state index contributed by atoms with van der Waals surface area (Å²) < 4.78 is 32.1. The number of ether oxygens (including phenoxy) is 1. The van der Waals surface area contributed by atoms with Crippen molar-refractivity contribution >= 4 is 10.0 Å². The van der Waals surface area contributed by atoms with Crippen molar-refractivity contribution in [1.29, 1.82) is 0 Å². The molecule has 1 aromatic carbocycles. The highest BCUT2D eigenvalue weighted by molar-refractivity contribution is 7.89. The average Bonchev–Trinajstić information content (AvgIpc) is 3.13. The number of nitrogens with two attached hydrogens (primary N) is 1. The molecule has 5 nitrogen and oxygen atoms in total. The van der Waals surface area contributed by atoms with Gasteiger partial charge in [0, 0.05) is 18.2 Å². The Bertz CT molecular complexity index is 524. The Morgan fingerprint density at radius 1 is 1.44 bits per heavy atom. The van der Waals surface area contributed by atoms with E-state index >= 15 is 0 Å². The van der Waals surface area contributed by atoms with Gasteiger partial charge in [-0.25, -0.2) is 13.1 Å². The van der Waals surface area contributed by atoms with E-state index < -0.39 is 10.0 Å². The summed E-state index contributed by atoms with van der Waals surface area (Å²) >= 11 is 0. The van der Waals surface area contributed by atoms with Crippen molar-refractivity contribution < 1.29 is 13.2 Å². The van der Waals surface area contributed by atoms with E-state index in [0.29, 0.717) is 17.9 Å². The number of rotatable bonds is 6. The molecule has 3 N–H and O–H groups in total. The van der Waals surface area contributed by atoms with Crippen molar-refractivity contribution in [3.63, 3.8) is 0 Å². The van der Waals surface area contributed by atoms with E-state index in [1.807, 2.05) is 6.92 Å². The molecule has 1 aromatic rings.